The van der Waals surface area contributed by atoms with E-state index in [1.54, 1.807) is 7.05 Å². The minimum absolute atomic E-state index is 0.0704. The van der Waals surface area contributed by atoms with E-state index in [0.29, 0.717) is 34.2 Å². The predicted molar refractivity (Wildman–Crippen MR) is 120 cm³/mol. The molecule has 1 saturated carbocycles. The van der Waals surface area contributed by atoms with E-state index in [0.717, 1.165) is 30.3 Å². The number of piperidine rings is 1. The first-order valence-corrected chi connectivity index (χ1v) is 10.8. The van der Waals surface area contributed by atoms with E-state index in [2.05, 4.69) is 30.2 Å². The van der Waals surface area contributed by atoms with Gasteiger partial charge in [0, 0.05) is 31.1 Å². The van der Waals surface area contributed by atoms with Gasteiger partial charge in [-0.2, -0.15) is 9.97 Å². The van der Waals surface area contributed by atoms with Crippen molar-refractivity contribution < 1.29 is 13.5 Å². The van der Waals surface area contributed by atoms with Crippen molar-refractivity contribution in [1.29, 1.82) is 0 Å². The molecule has 2 unspecified atom stereocenters. The number of halogens is 2. The second kappa shape index (κ2) is 7.48. The zero-order valence-electron chi connectivity index (χ0n) is 17.8. The van der Waals surface area contributed by atoms with Crippen LogP contribution >= 0.6 is 0 Å². The number of ether oxygens (including phenoxy) is 1. The number of nitrogens with two attached hydrogens (primary N) is 1. The highest BCUT2D eigenvalue weighted by Crippen LogP contribution is 2.44. The van der Waals surface area contributed by atoms with Crippen molar-refractivity contribution in [3.05, 3.63) is 36.2 Å². The molecule has 2 fully saturated rings. The van der Waals surface area contributed by atoms with Crippen LogP contribution in [-0.4, -0.2) is 50.6 Å². The number of anilines is 2. The Morgan fingerprint density at radius 3 is 2.73 bits per heavy atom. The van der Waals surface area contributed by atoms with Gasteiger partial charge in [0.25, 0.3) is 0 Å². The number of hydrogen-bond donors (Lipinski definition) is 3. The van der Waals surface area contributed by atoms with Gasteiger partial charge in [0.15, 0.2) is 11.6 Å². The quantitative estimate of drug-likeness (QED) is 0.422. The van der Waals surface area contributed by atoms with Gasteiger partial charge in [0.2, 0.25) is 0 Å². The summed E-state index contributed by atoms with van der Waals surface area (Å²) in [6.07, 6.45) is 4.64. The van der Waals surface area contributed by atoms with Gasteiger partial charge in [0.1, 0.15) is 24.0 Å². The molecule has 2 bridgehead atoms. The molecule has 1 saturated heterocycles. The molecule has 3 aromatic heterocycles. The first-order chi connectivity index (χ1) is 16.0. The van der Waals surface area contributed by atoms with Gasteiger partial charge in [-0.15, -0.1) is 0 Å². The first kappa shape index (κ1) is 20.0. The number of hydrogen-bond acceptors (Lipinski definition) is 8. The average Bonchev–Trinajstić information content (AvgIpc) is 3.50. The van der Waals surface area contributed by atoms with Crippen molar-refractivity contribution in [1.82, 2.24) is 24.9 Å². The Labute approximate surface area is 187 Å². The molecule has 1 aliphatic heterocycles. The molecule has 0 amide bonds. The van der Waals surface area contributed by atoms with Gasteiger partial charge in [-0.25, -0.2) is 18.7 Å². The summed E-state index contributed by atoms with van der Waals surface area (Å²) in [6, 6.07) is 3.46. The molecular weight excluding hydrogens is 430 g/mol. The van der Waals surface area contributed by atoms with Crippen molar-refractivity contribution in [3.8, 4) is 11.8 Å². The number of H-pyrrole nitrogens is 1. The van der Waals surface area contributed by atoms with E-state index in [4.69, 9.17) is 15.5 Å². The summed E-state index contributed by atoms with van der Waals surface area (Å²) in [5, 5.41) is 4.46. The minimum Gasteiger partial charge on any atom is -0.421 e. The average molecular weight is 452 g/mol. The lowest BCUT2D eigenvalue weighted by molar-refractivity contribution is 0.429. The second-order valence-electron chi connectivity index (χ2n) is 8.58. The number of nitrogens with one attached hydrogen (secondary N) is 2. The third kappa shape index (κ3) is 3.22. The van der Waals surface area contributed by atoms with E-state index in [1.807, 2.05) is 0 Å². The number of fused-ring (bicyclic) bond motifs is 5. The fourth-order valence-electron chi connectivity index (χ4n) is 5.10. The largest absolute Gasteiger partial charge is 0.421 e. The summed E-state index contributed by atoms with van der Waals surface area (Å²) < 4.78 is 33.0. The molecule has 6 rings (SSSR count). The Morgan fingerprint density at radius 1 is 1.24 bits per heavy atom. The highest BCUT2D eigenvalue weighted by atomic mass is 19.1. The zero-order chi connectivity index (χ0) is 22.7. The fourth-order valence-corrected chi connectivity index (χ4v) is 5.10. The highest BCUT2D eigenvalue weighted by molar-refractivity contribution is 6.14. The van der Waals surface area contributed by atoms with Crippen molar-refractivity contribution in [3.63, 3.8) is 0 Å². The smallest absolute Gasteiger partial charge is 0.326 e. The van der Waals surface area contributed by atoms with Gasteiger partial charge in [-0.1, -0.05) is 0 Å². The van der Waals surface area contributed by atoms with Gasteiger partial charge < -0.3 is 25.7 Å². The van der Waals surface area contributed by atoms with Gasteiger partial charge in [-0.3, -0.25) is 0 Å². The molecule has 9 nitrogen and oxygen atoms in total. The molecule has 4 N–H and O–H groups in total. The zero-order valence-corrected chi connectivity index (χ0v) is 17.8. The summed E-state index contributed by atoms with van der Waals surface area (Å²) in [4.78, 5) is 22.6. The van der Waals surface area contributed by atoms with Crippen LogP contribution < -0.4 is 20.7 Å². The minimum atomic E-state index is -0.758. The molecule has 2 aliphatic rings. The standard InChI is InChI=1S/C22H22F2N8O/c1-26-16-4-11(24)3-14-18-20(29-19(14)16)30-22(33-13-7-27-17(6-23)28-8-13)31-21(18)32-9-10-2-12(32)5-15(10)25/h3-4,7-8,10,12,15,26H,2,5-6,9,25H2,1H3,(H,29,30,31)/t10-,12?,15?/m1/s1. The summed E-state index contributed by atoms with van der Waals surface area (Å²) in [6.45, 7) is 0.0124. The molecule has 4 aromatic rings. The van der Waals surface area contributed by atoms with Crippen LogP contribution in [0, 0.1) is 11.7 Å². The van der Waals surface area contributed by atoms with Crippen LogP contribution in [0.1, 0.15) is 18.7 Å². The van der Waals surface area contributed by atoms with Gasteiger partial charge in [0.05, 0.1) is 29.0 Å². The number of nitrogens with zero attached hydrogens (tertiary/aromatic N) is 5. The molecule has 1 aliphatic carbocycles. The first-order valence-electron chi connectivity index (χ1n) is 10.8. The van der Waals surface area contributed by atoms with E-state index < -0.39 is 6.67 Å². The molecule has 11 heteroatoms. The highest BCUT2D eigenvalue weighted by Gasteiger charge is 2.44. The third-order valence-electron chi connectivity index (χ3n) is 6.63. The molecule has 33 heavy (non-hydrogen) atoms. The van der Waals surface area contributed by atoms with E-state index >= 15 is 0 Å². The van der Waals surface area contributed by atoms with Crippen LogP contribution in [0.4, 0.5) is 20.3 Å². The summed E-state index contributed by atoms with van der Waals surface area (Å²) in [5.41, 5.74) is 8.15. The molecule has 1 aromatic carbocycles. The Balaban J connectivity index is 1.52. The topological polar surface area (TPSA) is 118 Å². The molecular formula is C22H22F2N8O. The van der Waals surface area contributed by atoms with Crippen LogP contribution in [0.5, 0.6) is 11.8 Å². The van der Waals surface area contributed by atoms with Crippen molar-refractivity contribution in [2.24, 2.45) is 11.7 Å². The number of alkyl halides is 1. The number of aromatic amines is 1. The van der Waals surface area contributed by atoms with E-state index in [1.165, 1.54) is 24.5 Å². The second-order valence-corrected chi connectivity index (χ2v) is 8.58. The molecule has 170 valence electrons. The Morgan fingerprint density at radius 2 is 2.06 bits per heavy atom. The van der Waals surface area contributed by atoms with E-state index in [9.17, 15) is 8.78 Å². The molecule has 0 spiro atoms. The Bertz CT molecular complexity index is 1360. The maximum absolute atomic E-state index is 14.4. The Kier molecular flexibility index (Phi) is 4.54. The fraction of sp³-hybridized carbons (Fsp3) is 0.364. The van der Waals surface area contributed by atoms with Crippen LogP contribution in [0.25, 0.3) is 21.9 Å². The number of aromatic nitrogens is 5. The molecule has 3 atom stereocenters. The van der Waals surface area contributed by atoms with Crippen LogP contribution in [0.3, 0.4) is 0 Å². The predicted octanol–water partition coefficient (Wildman–Crippen LogP) is 3.27. The lowest BCUT2D eigenvalue weighted by Gasteiger charge is -2.31. The van der Waals surface area contributed by atoms with Crippen molar-refractivity contribution in [2.45, 2.75) is 31.6 Å². The van der Waals surface area contributed by atoms with Crippen LogP contribution in [0.15, 0.2) is 24.5 Å². The SMILES string of the molecule is CNc1cc(F)cc2c1[nH]c1nc(Oc3cnc(CF)nc3)nc(N3C[C@H]4CC3CC4N)c12. The third-order valence-corrected chi connectivity index (χ3v) is 6.63. The number of benzene rings is 1. The van der Waals surface area contributed by atoms with E-state index in [-0.39, 0.29) is 29.7 Å². The van der Waals surface area contributed by atoms with Crippen LogP contribution in [0.2, 0.25) is 0 Å². The van der Waals surface area contributed by atoms with Gasteiger partial charge in [-0.05, 0) is 30.9 Å². The molecule has 0 radical (unpaired) electrons. The maximum atomic E-state index is 14.4. The van der Waals surface area contributed by atoms with Gasteiger partial charge >= 0.3 is 6.01 Å². The van der Waals surface area contributed by atoms with Crippen molar-refractivity contribution >= 4 is 33.4 Å². The normalized spacial score (nSPS) is 21.9. The van der Waals surface area contributed by atoms with Crippen molar-refractivity contribution in [2.75, 3.05) is 23.8 Å². The maximum Gasteiger partial charge on any atom is 0.326 e. The molecule has 4 heterocycles. The Hall–Kier alpha value is -3.60. The summed E-state index contributed by atoms with van der Waals surface area (Å²) in [5.74, 6) is 1.08. The summed E-state index contributed by atoms with van der Waals surface area (Å²) in [7, 11) is 1.74. The lowest BCUT2D eigenvalue weighted by atomic mass is 10.0. The monoisotopic (exact) mass is 452 g/mol. The summed E-state index contributed by atoms with van der Waals surface area (Å²) >= 11 is 0. The number of rotatable bonds is 5. The van der Waals surface area contributed by atoms with Crippen LogP contribution in [-0.2, 0) is 6.67 Å². The lowest BCUT2D eigenvalue weighted by Crippen LogP contribution is -2.41.